The molecular formula is C24H40Cl2N6OS. The molecule has 3 heterocycles. The highest BCUT2D eigenvalue weighted by atomic mass is 35.5. The number of nitrogens with zero attached hydrogens (tertiary/aromatic N) is 2. The highest BCUT2D eigenvalue weighted by molar-refractivity contribution is 7.80. The van der Waals surface area contributed by atoms with Crippen LogP contribution in [0.15, 0.2) is 24.3 Å². The van der Waals surface area contributed by atoms with Crippen molar-refractivity contribution in [2.45, 2.75) is 63.4 Å². The Balaban J connectivity index is 0.00000162. The number of nitrogens with one attached hydrogen (secondary N) is 4. The summed E-state index contributed by atoms with van der Waals surface area (Å²) in [5, 5.41) is 25.2. The van der Waals surface area contributed by atoms with Crippen molar-refractivity contribution < 1.29 is 5.11 Å². The molecule has 7 nitrogen and oxygen atoms in total. The summed E-state index contributed by atoms with van der Waals surface area (Å²) in [7, 11) is 0. The fourth-order valence-electron chi connectivity index (χ4n) is 6.31. The summed E-state index contributed by atoms with van der Waals surface area (Å²) in [4.78, 5) is 4.87. The van der Waals surface area contributed by atoms with Crippen LogP contribution in [0.25, 0.3) is 0 Å². The fraction of sp³-hybridized carbons (Fsp3) is 0.708. The first-order valence-corrected chi connectivity index (χ1v) is 12.8. The van der Waals surface area contributed by atoms with E-state index in [1.54, 1.807) is 0 Å². The molecule has 3 saturated heterocycles. The molecule has 5 rings (SSSR count). The molecule has 5 N–H and O–H groups in total. The second-order valence-corrected chi connectivity index (χ2v) is 10.2. The number of hydrogen-bond donors (Lipinski definition) is 5. The summed E-state index contributed by atoms with van der Waals surface area (Å²) in [5.41, 5.74) is 2.70. The van der Waals surface area contributed by atoms with Crippen molar-refractivity contribution in [1.82, 2.24) is 26.2 Å². The average Bonchev–Trinajstić information content (AvgIpc) is 3.15. The van der Waals surface area contributed by atoms with Gasteiger partial charge in [0, 0.05) is 63.1 Å². The van der Waals surface area contributed by atoms with Crippen LogP contribution in [0.4, 0.5) is 5.69 Å². The average molecular weight is 532 g/mol. The van der Waals surface area contributed by atoms with Crippen molar-refractivity contribution >= 4 is 47.8 Å². The molecule has 1 aromatic carbocycles. The molecule has 0 amide bonds. The monoisotopic (exact) mass is 530 g/mol. The molecular weight excluding hydrogens is 491 g/mol. The van der Waals surface area contributed by atoms with Crippen molar-refractivity contribution in [2.75, 3.05) is 37.8 Å². The summed E-state index contributed by atoms with van der Waals surface area (Å²) < 4.78 is 0. The van der Waals surface area contributed by atoms with E-state index in [4.69, 9.17) is 12.2 Å². The maximum Gasteiger partial charge on any atom is 0.169 e. The van der Waals surface area contributed by atoms with Crippen molar-refractivity contribution in [3.63, 3.8) is 0 Å². The first-order valence-electron chi connectivity index (χ1n) is 12.4. The molecule has 5 atom stereocenters. The van der Waals surface area contributed by atoms with E-state index in [1.165, 1.54) is 11.3 Å². The van der Waals surface area contributed by atoms with Gasteiger partial charge in [-0.1, -0.05) is 18.2 Å². The SMILES string of the molecule is CCN1C(=S)NC2CC3C(CC21)NCNC3NCc1ccccc1N1CCC(CO)CC1.Cl.Cl. The van der Waals surface area contributed by atoms with Crippen LogP contribution >= 0.6 is 37.0 Å². The Bertz CT molecular complexity index is 811. The number of aliphatic hydroxyl groups excluding tert-OH is 1. The quantitative estimate of drug-likeness (QED) is 0.358. The summed E-state index contributed by atoms with van der Waals surface area (Å²) in [6.07, 6.45) is 4.71. The Hall–Kier alpha value is -0.870. The van der Waals surface area contributed by atoms with E-state index in [2.05, 4.69) is 62.3 Å². The smallest absolute Gasteiger partial charge is 0.169 e. The van der Waals surface area contributed by atoms with E-state index < -0.39 is 0 Å². The first kappa shape index (κ1) is 27.7. The number of thiocarbonyl (C=S) groups is 1. The minimum absolute atomic E-state index is 0. The molecule has 1 aromatic rings. The minimum Gasteiger partial charge on any atom is -0.396 e. The fourth-order valence-corrected chi connectivity index (χ4v) is 6.72. The van der Waals surface area contributed by atoms with Crippen molar-refractivity contribution in [2.24, 2.45) is 11.8 Å². The van der Waals surface area contributed by atoms with Crippen LogP contribution in [0.3, 0.4) is 0 Å². The molecule has 1 aliphatic carbocycles. The number of aliphatic hydroxyl groups is 1. The molecule has 10 heteroatoms. The van der Waals surface area contributed by atoms with Crippen LogP contribution in [0.5, 0.6) is 0 Å². The Kier molecular flexibility index (Phi) is 10.1. The number of hydrogen-bond acceptors (Lipinski definition) is 6. The molecule has 0 spiro atoms. The second-order valence-electron chi connectivity index (χ2n) is 9.84. The molecule has 5 unspecified atom stereocenters. The van der Waals surface area contributed by atoms with Gasteiger partial charge in [0.25, 0.3) is 0 Å². The second kappa shape index (κ2) is 12.4. The Labute approximate surface area is 221 Å². The van der Waals surface area contributed by atoms with Crippen LogP contribution < -0.4 is 26.2 Å². The maximum absolute atomic E-state index is 9.47. The van der Waals surface area contributed by atoms with Gasteiger partial charge in [-0.25, -0.2) is 0 Å². The lowest BCUT2D eigenvalue weighted by atomic mass is 9.76. The molecule has 0 radical (unpaired) electrons. The van der Waals surface area contributed by atoms with Crippen LogP contribution in [0.2, 0.25) is 0 Å². The molecule has 3 aliphatic heterocycles. The van der Waals surface area contributed by atoms with Gasteiger partial charge >= 0.3 is 0 Å². The summed E-state index contributed by atoms with van der Waals surface area (Å²) in [6, 6.07) is 10.3. The van der Waals surface area contributed by atoms with E-state index >= 15 is 0 Å². The van der Waals surface area contributed by atoms with Gasteiger partial charge in [0.2, 0.25) is 0 Å². The highest BCUT2D eigenvalue weighted by Crippen LogP contribution is 2.35. The summed E-state index contributed by atoms with van der Waals surface area (Å²) in [5.74, 6) is 0.993. The molecule has 4 fully saturated rings. The van der Waals surface area contributed by atoms with E-state index in [0.717, 1.165) is 63.6 Å². The van der Waals surface area contributed by atoms with E-state index in [9.17, 15) is 5.11 Å². The van der Waals surface area contributed by atoms with Crippen molar-refractivity contribution in [3.05, 3.63) is 29.8 Å². The Morgan fingerprint density at radius 3 is 2.59 bits per heavy atom. The molecule has 0 bridgehead atoms. The molecule has 4 aliphatic rings. The van der Waals surface area contributed by atoms with Crippen molar-refractivity contribution in [1.29, 1.82) is 0 Å². The van der Waals surface area contributed by atoms with E-state index in [-0.39, 0.29) is 24.8 Å². The van der Waals surface area contributed by atoms with Gasteiger partial charge in [-0.2, -0.15) is 0 Å². The van der Waals surface area contributed by atoms with Gasteiger partial charge in [-0.05, 0) is 62.4 Å². The van der Waals surface area contributed by atoms with Crippen LogP contribution in [0, 0.1) is 11.8 Å². The largest absolute Gasteiger partial charge is 0.396 e. The lowest BCUT2D eigenvalue weighted by molar-refractivity contribution is 0.0914. The van der Waals surface area contributed by atoms with Gasteiger partial charge < -0.3 is 25.5 Å². The maximum atomic E-state index is 9.47. The van der Waals surface area contributed by atoms with Gasteiger partial charge in [0.05, 0.1) is 12.2 Å². The van der Waals surface area contributed by atoms with Crippen LogP contribution in [-0.4, -0.2) is 72.3 Å². The molecule has 192 valence electrons. The first-order chi connectivity index (χ1) is 15.7. The number of likely N-dealkylation sites (N-methyl/N-ethyl adjacent to an activating group) is 1. The zero-order valence-electron chi connectivity index (χ0n) is 19.9. The molecule has 0 aromatic heterocycles. The predicted octanol–water partition coefficient (Wildman–Crippen LogP) is 2.03. The standard InChI is InChI=1S/C24H38N6OS.2ClH/c1-2-30-22-12-19-18(11-20(22)28-24(30)32)23(27-15-26-19)25-13-17-5-3-4-6-21(17)29-9-7-16(14-31)8-10-29;;/h3-6,16,18-20,22-23,25-27,31H,2,7-15H2,1H3,(H,28,32);2*1H. The highest BCUT2D eigenvalue weighted by Gasteiger charge is 2.47. The lowest BCUT2D eigenvalue weighted by Gasteiger charge is -2.47. The number of piperidine rings is 1. The van der Waals surface area contributed by atoms with Gasteiger partial charge in [-0.15, -0.1) is 24.8 Å². The number of halogens is 2. The molecule has 1 saturated carbocycles. The summed E-state index contributed by atoms with van der Waals surface area (Å²) >= 11 is 5.60. The Morgan fingerprint density at radius 1 is 1.09 bits per heavy atom. The van der Waals surface area contributed by atoms with Gasteiger partial charge in [0.15, 0.2) is 5.11 Å². The normalized spacial score (nSPS) is 31.1. The van der Waals surface area contributed by atoms with Crippen LogP contribution in [-0.2, 0) is 6.54 Å². The van der Waals surface area contributed by atoms with Gasteiger partial charge in [0.1, 0.15) is 0 Å². The number of anilines is 1. The number of benzene rings is 1. The number of fused-ring (bicyclic) bond motifs is 2. The number of para-hydroxylation sites is 1. The van der Waals surface area contributed by atoms with E-state index in [1.807, 2.05) is 0 Å². The van der Waals surface area contributed by atoms with Gasteiger partial charge in [-0.3, -0.25) is 10.6 Å². The topological polar surface area (TPSA) is 74.8 Å². The lowest BCUT2D eigenvalue weighted by Crippen LogP contribution is -2.66. The summed E-state index contributed by atoms with van der Waals surface area (Å²) in [6.45, 7) is 7.26. The predicted molar refractivity (Wildman–Crippen MR) is 147 cm³/mol. The van der Waals surface area contributed by atoms with Crippen molar-refractivity contribution in [3.8, 4) is 0 Å². The Morgan fingerprint density at radius 2 is 1.85 bits per heavy atom. The van der Waals surface area contributed by atoms with E-state index in [0.29, 0.717) is 42.7 Å². The minimum atomic E-state index is 0. The third-order valence-corrected chi connectivity index (χ3v) is 8.50. The zero-order chi connectivity index (χ0) is 22.1. The number of rotatable bonds is 6. The third kappa shape index (κ3) is 5.59. The molecule has 34 heavy (non-hydrogen) atoms. The zero-order valence-corrected chi connectivity index (χ0v) is 22.4. The third-order valence-electron chi connectivity index (χ3n) is 8.15. The van der Waals surface area contributed by atoms with Crippen LogP contribution in [0.1, 0.15) is 38.2 Å².